The second-order valence-corrected chi connectivity index (χ2v) is 4.85. The van der Waals surface area contributed by atoms with Gasteiger partial charge in [0.2, 0.25) is 0 Å². The predicted octanol–water partition coefficient (Wildman–Crippen LogP) is 2.79. The van der Waals surface area contributed by atoms with Crippen LogP contribution in [0.4, 0.5) is 0 Å². The van der Waals surface area contributed by atoms with E-state index in [1.54, 1.807) is 0 Å². The highest BCUT2D eigenvalue weighted by Gasteiger charge is 2.14. The lowest BCUT2D eigenvalue weighted by atomic mass is 10.1. The number of hydrogen-bond donors (Lipinski definition) is 1. The highest BCUT2D eigenvalue weighted by Crippen LogP contribution is 2.33. The molecule has 0 spiro atoms. The number of fused-ring (bicyclic) bond motifs is 1. The van der Waals surface area contributed by atoms with Gasteiger partial charge in [-0.25, -0.2) is 0 Å². The van der Waals surface area contributed by atoms with Gasteiger partial charge in [0.1, 0.15) is 13.2 Å². The molecule has 1 aliphatic heterocycles. The molecule has 0 aliphatic carbocycles. The molecule has 0 unspecified atom stereocenters. The Morgan fingerprint density at radius 3 is 2.65 bits per heavy atom. The van der Waals surface area contributed by atoms with Gasteiger partial charge in [0.05, 0.1) is 0 Å². The van der Waals surface area contributed by atoms with Crippen molar-refractivity contribution in [3.63, 3.8) is 0 Å². The third kappa shape index (κ3) is 3.11. The van der Waals surface area contributed by atoms with E-state index in [1.807, 2.05) is 18.2 Å². The quantitative estimate of drug-likeness (QED) is 0.847. The van der Waals surface area contributed by atoms with E-state index in [0.717, 1.165) is 36.6 Å². The van der Waals surface area contributed by atoms with Crippen LogP contribution in [-0.4, -0.2) is 19.8 Å². The van der Waals surface area contributed by atoms with Gasteiger partial charge in [0.25, 0.3) is 0 Å². The maximum Gasteiger partial charge on any atom is 0.165 e. The zero-order chi connectivity index (χ0) is 13.6. The summed E-state index contributed by atoms with van der Waals surface area (Å²) in [6.07, 6.45) is 1.03. The molecule has 0 bridgehead atoms. The molecule has 3 nitrogen and oxygen atoms in total. The number of rotatable bonds is 5. The summed E-state index contributed by atoms with van der Waals surface area (Å²) in [5, 5.41) is 3.46. The highest BCUT2D eigenvalue weighted by molar-refractivity contribution is 5.47. The topological polar surface area (TPSA) is 30.5 Å². The van der Waals surface area contributed by atoms with Crippen LogP contribution >= 0.6 is 0 Å². The van der Waals surface area contributed by atoms with Crippen LogP contribution in [0.25, 0.3) is 0 Å². The van der Waals surface area contributed by atoms with Crippen LogP contribution in [0.2, 0.25) is 0 Å². The van der Waals surface area contributed by atoms with E-state index in [9.17, 15) is 0 Å². The second-order valence-electron chi connectivity index (χ2n) is 4.85. The summed E-state index contributed by atoms with van der Waals surface area (Å²) < 4.78 is 11.3. The van der Waals surface area contributed by atoms with Gasteiger partial charge in [0.15, 0.2) is 11.5 Å². The van der Waals surface area contributed by atoms with Gasteiger partial charge < -0.3 is 14.8 Å². The highest BCUT2D eigenvalue weighted by atomic mass is 16.6. The predicted molar refractivity (Wildman–Crippen MR) is 79.3 cm³/mol. The summed E-state index contributed by atoms with van der Waals surface area (Å²) in [6, 6.07) is 16.6. The van der Waals surface area contributed by atoms with Crippen LogP contribution in [-0.2, 0) is 13.0 Å². The Labute approximate surface area is 119 Å². The van der Waals surface area contributed by atoms with E-state index < -0.39 is 0 Å². The average Bonchev–Trinajstić information content (AvgIpc) is 2.53. The first-order valence-electron chi connectivity index (χ1n) is 7.05. The van der Waals surface area contributed by atoms with E-state index in [1.165, 1.54) is 5.56 Å². The van der Waals surface area contributed by atoms with Crippen LogP contribution in [0.1, 0.15) is 11.1 Å². The fourth-order valence-corrected chi connectivity index (χ4v) is 2.37. The van der Waals surface area contributed by atoms with E-state index in [0.29, 0.717) is 13.2 Å². The molecule has 1 aliphatic rings. The van der Waals surface area contributed by atoms with Crippen LogP contribution in [0.3, 0.4) is 0 Å². The molecule has 20 heavy (non-hydrogen) atoms. The van der Waals surface area contributed by atoms with Crippen LogP contribution in [0.15, 0.2) is 48.5 Å². The Hall–Kier alpha value is -2.00. The lowest BCUT2D eigenvalue weighted by Crippen LogP contribution is -2.20. The molecule has 3 rings (SSSR count). The van der Waals surface area contributed by atoms with Gasteiger partial charge in [0, 0.05) is 12.1 Å². The fraction of sp³-hybridized carbons (Fsp3) is 0.294. The van der Waals surface area contributed by atoms with Crippen LogP contribution < -0.4 is 14.8 Å². The monoisotopic (exact) mass is 269 g/mol. The lowest BCUT2D eigenvalue weighted by Gasteiger charge is -2.21. The number of benzene rings is 2. The molecule has 0 radical (unpaired) electrons. The molecule has 0 aromatic heterocycles. The van der Waals surface area contributed by atoms with E-state index >= 15 is 0 Å². The van der Waals surface area contributed by atoms with Crippen molar-refractivity contribution in [3.8, 4) is 11.5 Å². The summed E-state index contributed by atoms with van der Waals surface area (Å²) in [6.45, 7) is 3.03. The number of hydrogen-bond acceptors (Lipinski definition) is 3. The minimum absolute atomic E-state index is 0.633. The molecule has 0 atom stereocenters. The zero-order valence-corrected chi connectivity index (χ0v) is 11.5. The van der Waals surface area contributed by atoms with E-state index in [4.69, 9.17) is 9.47 Å². The van der Waals surface area contributed by atoms with Crippen LogP contribution in [0.5, 0.6) is 11.5 Å². The Bertz CT molecular complexity index is 554. The molecule has 3 heteroatoms. The Kier molecular flexibility index (Phi) is 4.19. The largest absolute Gasteiger partial charge is 0.486 e. The van der Waals surface area contributed by atoms with Gasteiger partial charge in [-0.05, 0) is 24.6 Å². The van der Waals surface area contributed by atoms with Crippen molar-refractivity contribution >= 4 is 0 Å². The average molecular weight is 269 g/mol. The van der Waals surface area contributed by atoms with Gasteiger partial charge in [-0.1, -0.05) is 42.5 Å². The molecule has 1 heterocycles. The van der Waals surface area contributed by atoms with Gasteiger partial charge >= 0.3 is 0 Å². The summed E-state index contributed by atoms with van der Waals surface area (Å²) in [5.41, 5.74) is 2.52. The standard InChI is InChI=1S/C17H19NO2/c1-2-5-14(6-3-1)9-10-18-13-15-7-4-8-16-17(15)20-12-11-19-16/h1-8,18H,9-13H2. The third-order valence-electron chi connectivity index (χ3n) is 3.40. The summed E-state index contributed by atoms with van der Waals surface area (Å²) >= 11 is 0. The van der Waals surface area contributed by atoms with E-state index in [-0.39, 0.29) is 0 Å². The van der Waals surface area contributed by atoms with Crippen molar-refractivity contribution in [2.75, 3.05) is 19.8 Å². The van der Waals surface area contributed by atoms with Crippen molar-refractivity contribution in [1.29, 1.82) is 0 Å². The normalized spacial score (nSPS) is 13.2. The molecule has 104 valence electrons. The molecule has 0 amide bonds. The molecule has 0 fully saturated rings. The zero-order valence-electron chi connectivity index (χ0n) is 11.5. The number of ether oxygens (including phenoxy) is 2. The summed E-state index contributed by atoms with van der Waals surface area (Å²) in [4.78, 5) is 0. The molecule has 2 aromatic carbocycles. The first-order valence-corrected chi connectivity index (χ1v) is 7.05. The second kappa shape index (κ2) is 6.44. The van der Waals surface area contributed by atoms with Crippen molar-refractivity contribution in [3.05, 3.63) is 59.7 Å². The maximum absolute atomic E-state index is 5.70. The molecule has 1 N–H and O–H groups in total. The molecule has 0 saturated heterocycles. The summed E-state index contributed by atoms with van der Waals surface area (Å²) in [5.74, 6) is 1.75. The minimum Gasteiger partial charge on any atom is -0.486 e. The SMILES string of the molecule is c1ccc(CCNCc2cccc3c2OCCO3)cc1. The summed E-state index contributed by atoms with van der Waals surface area (Å²) in [7, 11) is 0. The van der Waals surface area contributed by atoms with Crippen molar-refractivity contribution in [2.45, 2.75) is 13.0 Å². The van der Waals surface area contributed by atoms with E-state index in [2.05, 4.69) is 35.6 Å². The molecule has 0 saturated carbocycles. The lowest BCUT2D eigenvalue weighted by molar-refractivity contribution is 0.169. The van der Waals surface area contributed by atoms with Crippen molar-refractivity contribution < 1.29 is 9.47 Å². The molecular weight excluding hydrogens is 250 g/mol. The Morgan fingerprint density at radius 2 is 1.75 bits per heavy atom. The maximum atomic E-state index is 5.70. The van der Waals surface area contributed by atoms with Gasteiger partial charge in [-0.2, -0.15) is 0 Å². The first kappa shape index (κ1) is 13.0. The van der Waals surface area contributed by atoms with Gasteiger partial charge in [-0.3, -0.25) is 0 Å². The molecular formula is C17H19NO2. The van der Waals surface area contributed by atoms with Gasteiger partial charge in [-0.15, -0.1) is 0 Å². The number of nitrogens with one attached hydrogen (secondary N) is 1. The Morgan fingerprint density at radius 1 is 0.900 bits per heavy atom. The number of para-hydroxylation sites is 1. The van der Waals surface area contributed by atoms with Crippen LogP contribution in [0, 0.1) is 0 Å². The van der Waals surface area contributed by atoms with Crippen molar-refractivity contribution in [2.24, 2.45) is 0 Å². The first-order chi connectivity index (χ1) is 9.93. The third-order valence-corrected chi connectivity index (χ3v) is 3.40. The smallest absolute Gasteiger partial charge is 0.165 e. The Balaban J connectivity index is 1.54. The fourth-order valence-electron chi connectivity index (χ4n) is 2.37. The minimum atomic E-state index is 0.633. The van der Waals surface area contributed by atoms with Crippen molar-refractivity contribution in [1.82, 2.24) is 5.32 Å². The molecule has 2 aromatic rings.